The minimum atomic E-state index is -0.237. The molecule has 3 N–H and O–H groups in total. The second kappa shape index (κ2) is 8.20. The fraction of sp³-hybridized carbons (Fsp3) is 0.182. The van der Waals surface area contributed by atoms with Gasteiger partial charge in [0.15, 0.2) is 35.6 Å². The van der Waals surface area contributed by atoms with E-state index in [-0.39, 0.29) is 31.1 Å². The molecule has 0 saturated heterocycles. The first kappa shape index (κ1) is 18.8. The average Bonchev–Trinajstić information content (AvgIpc) is 3.40. The van der Waals surface area contributed by atoms with Gasteiger partial charge in [-0.2, -0.15) is 0 Å². The van der Waals surface area contributed by atoms with Crippen LogP contribution >= 0.6 is 0 Å². The van der Waals surface area contributed by atoms with Crippen LogP contribution in [0.3, 0.4) is 0 Å². The quantitative estimate of drug-likeness (QED) is 0.602. The van der Waals surface area contributed by atoms with Crippen LogP contribution in [0.15, 0.2) is 65.3 Å². The van der Waals surface area contributed by atoms with Gasteiger partial charge in [-0.15, -0.1) is 0 Å². The number of anilines is 1. The largest absolute Gasteiger partial charge is 0.463 e. The van der Waals surface area contributed by atoms with E-state index in [9.17, 15) is 9.59 Å². The highest BCUT2D eigenvalue weighted by Crippen LogP contribution is 2.37. The van der Waals surface area contributed by atoms with Crippen LogP contribution in [0.5, 0.6) is 11.5 Å². The summed E-state index contributed by atoms with van der Waals surface area (Å²) in [5.41, 5.74) is 1.82. The van der Waals surface area contributed by atoms with E-state index in [1.54, 1.807) is 18.4 Å². The Labute approximate surface area is 167 Å². The normalized spacial score (nSPS) is 13.1. The highest BCUT2D eigenvalue weighted by Gasteiger charge is 2.23. The molecule has 4 rings (SSSR count). The molecule has 29 heavy (non-hydrogen) atoms. The van der Waals surface area contributed by atoms with Crippen LogP contribution in [0, 0.1) is 0 Å². The topological polar surface area (TPSA) is 94.4 Å². The number of hydrogen-bond donors (Lipinski definition) is 2. The maximum atomic E-state index is 12.6. The Bertz CT molecular complexity index is 1020. The van der Waals surface area contributed by atoms with E-state index in [0.717, 1.165) is 11.3 Å². The number of hydrogen-bond acceptors (Lipinski definition) is 5. The van der Waals surface area contributed by atoms with Gasteiger partial charge in [0, 0.05) is 17.2 Å². The summed E-state index contributed by atoms with van der Waals surface area (Å²) in [5, 5.41) is 4.71. The zero-order valence-electron chi connectivity index (χ0n) is 15.9. The number of carbonyl (C=O) groups excluding carboxylic acids is 2. The van der Waals surface area contributed by atoms with E-state index in [4.69, 9.17) is 13.9 Å². The fourth-order valence-electron chi connectivity index (χ4n) is 3.31. The summed E-state index contributed by atoms with van der Waals surface area (Å²) < 4.78 is 16.2. The van der Waals surface area contributed by atoms with Crippen LogP contribution in [-0.4, -0.2) is 25.0 Å². The molecule has 3 aromatic rings. The van der Waals surface area contributed by atoms with Crippen LogP contribution in [0.2, 0.25) is 0 Å². The Balaban J connectivity index is 1.49. The fourth-order valence-corrected chi connectivity index (χ4v) is 3.31. The second-order valence-corrected chi connectivity index (χ2v) is 6.70. The maximum Gasteiger partial charge on any atom is 0.279 e. The number of fused-ring (bicyclic) bond motifs is 1. The molecule has 1 atom stereocenters. The van der Waals surface area contributed by atoms with Gasteiger partial charge in [-0.25, -0.2) is 0 Å². The van der Waals surface area contributed by atoms with E-state index in [1.165, 1.54) is 6.92 Å². The summed E-state index contributed by atoms with van der Waals surface area (Å²) in [7, 11) is 0. The minimum absolute atomic E-state index is 0.0970. The third-order valence-electron chi connectivity index (χ3n) is 4.71. The second-order valence-electron chi connectivity index (χ2n) is 6.70. The van der Waals surface area contributed by atoms with Crippen molar-refractivity contribution in [1.29, 1.82) is 0 Å². The SMILES string of the molecule is CC(=O)c1cc2c(cc1NC(=O)C[NH2+][C@@H](c1ccccc1)c1ccco1)OCO2. The number of quaternary nitrogens is 1. The summed E-state index contributed by atoms with van der Waals surface area (Å²) in [6.45, 7) is 1.69. The van der Waals surface area contributed by atoms with Crippen LogP contribution in [-0.2, 0) is 4.79 Å². The van der Waals surface area contributed by atoms with Crippen molar-refractivity contribution in [2.24, 2.45) is 0 Å². The van der Waals surface area contributed by atoms with E-state index in [2.05, 4.69) is 5.32 Å². The Morgan fingerprint density at radius 1 is 1.07 bits per heavy atom. The number of nitrogens with two attached hydrogens (primary N) is 1. The lowest BCUT2D eigenvalue weighted by Gasteiger charge is -2.15. The third kappa shape index (κ3) is 4.14. The van der Waals surface area contributed by atoms with E-state index < -0.39 is 0 Å². The Morgan fingerprint density at radius 3 is 2.52 bits per heavy atom. The first-order valence-electron chi connectivity index (χ1n) is 9.28. The van der Waals surface area contributed by atoms with Gasteiger partial charge in [-0.05, 0) is 25.1 Å². The van der Waals surface area contributed by atoms with Gasteiger partial charge >= 0.3 is 0 Å². The molecule has 1 aliphatic rings. The molecule has 0 aliphatic carbocycles. The van der Waals surface area contributed by atoms with Gasteiger partial charge in [0.1, 0.15) is 0 Å². The molecule has 0 unspecified atom stereocenters. The monoisotopic (exact) mass is 393 g/mol. The van der Waals surface area contributed by atoms with Crippen molar-refractivity contribution < 1.29 is 28.8 Å². The smallest absolute Gasteiger partial charge is 0.279 e. The number of ketones is 1. The Kier molecular flexibility index (Phi) is 5.31. The number of rotatable bonds is 7. The molecular formula is C22H21N2O5+. The molecule has 1 aromatic heterocycles. The van der Waals surface area contributed by atoms with Crippen molar-refractivity contribution in [2.45, 2.75) is 13.0 Å². The zero-order valence-corrected chi connectivity index (χ0v) is 15.9. The number of ether oxygens (including phenoxy) is 2. The summed E-state index contributed by atoms with van der Waals surface area (Å²) in [6.07, 6.45) is 1.62. The standard InChI is InChI=1S/C22H20N2O5/c1-14(25)16-10-19-20(29-13-28-19)11-17(16)24-21(26)12-23-22(18-8-5-9-27-18)15-6-3-2-4-7-15/h2-11,22-23H,12-13H2,1H3,(H,24,26)/p+1/t22-/m0/s1. The van der Waals surface area contributed by atoms with Crippen LogP contribution in [0.4, 0.5) is 5.69 Å². The molecule has 1 aliphatic heterocycles. The van der Waals surface area contributed by atoms with Gasteiger partial charge in [0.2, 0.25) is 6.79 Å². The van der Waals surface area contributed by atoms with Gasteiger partial charge in [-0.1, -0.05) is 30.3 Å². The third-order valence-corrected chi connectivity index (χ3v) is 4.71. The molecular weight excluding hydrogens is 372 g/mol. The van der Waals surface area contributed by atoms with Crippen LogP contribution in [0.1, 0.15) is 34.6 Å². The predicted octanol–water partition coefficient (Wildman–Crippen LogP) is 2.50. The first-order valence-corrected chi connectivity index (χ1v) is 9.28. The summed E-state index contributed by atoms with van der Waals surface area (Å²) in [6, 6.07) is 16.6. The molecule has 2 heterocycles. The van der Waals surface area contributed by atoms with Crippen molar-refractivity contribution in [2.75, 3.05) is 18.7 Å². The Hall–Kier alpha value is -3.58. The van der Waals surface area contributed by atoms with E-state index in [1.807, 2.05) is 47.8 Å². The number of Topliss-reactive ketones (excluding diaryl/α,β-unsaturated/α-hetero) is 1. The summed E-state index contributed by atoms with van der Waals surface area (Å²) in [4.78, 5) is 24.6. The van der Waals surface area contributed by atoms with Crippen LogP contribution < -0.4 is 20.1 Å². The van der Waals surface area contributed by atoms with Crippen LogP contribution in [0.25, 0.3) is 0 Å². The van der Waals surface area contributed by atoms with Crippen molar-refractivity contribution in [3.8, 4) is 11.5 Å². The van der Waals surface area contributed by atoms with Gasteiger partial charge in [0.05, 0.1) is 12.0 Å². The van der Waals surface area contributed by atoms with Crippen molar-refractivity contribution in [3.63, 3.8) is 0 Å². The molecule has 0 spiro atoms. The Morgan fingerprint density at radius 2 is 1.83 bits per heavy atom. The molecule has 0 fully saturated rings. The average molecular weight is 393 g/mol. The number of amides is 1. The lowest BCUT2D eigenvalue weighted by atomic mass is 10.0. The predicted molar refractivity (Wildman–Crippen MR) is 105 cm³/mol. The zero-order chi connectivity index (χ0) is 20.2. The van der Waals surface area contributed by atoms with Crippen molar-refractivity contribution in [1.82, 2.24) is 0 Å². The lowest BCUT2D eigenvalue weighted by Crippen LogP contribution is -2.87. The molecule has 7 heteroatoms. The molecule has 0 bridgehead atoms. The van der Waals surface area contributed by atoms with Gasteiger partial charge < -0.3 is 24.5 Å². The number of benzene rings is 2. The number of carbonyl (C=O) groups is 2. The highest BCUT2D eigenvalue weighted by atomic mass is 16.7. The van der Waals surface area contributed by atoms with Crippen molar-refractivity contribution >= 4 is 17.4 Å². The molecule has 0 radical (unpaired) electrons. The molecule has 2 aromatic carbocycles. The maximum absolute atomic E-state index is 12.6. The molecule has 7 nitrogen and oxygen atoms in total. The molecule has 0 saturated carbocycles. The number of furan rings is 1. The first-order chi connectivity index (χ1) is 14.1. The molecule has 148 valence electrons. The van der Waals surface area contributed by atoms with E-state index in [0.29, 0.717) is 22.7 Å². The molecule has 1 amide bonds. The van der Waals surface area contributed by atoms with E-state index >= 15 is 0 Å². The number of nitrogens with one attached hydrogen (secondary N) is 1. The summed E-state index contributed by atoms with van der Waals surface area (Å²) >= 11 is 0. The van der Waals surface area contributed by atoms with Gasteiger partial charge in [-0.3, -0.25) is 9.59 Å². The van der Waals surface area contributed by atoms with Gasteiger partial charge in [0.25, 0.3) is 5.91 Å². The van der Waals surface area contributed by atoms with Crippen molar-refractivity contribution in [3.05, 3.63) is 77.7 Å². The summed E-state index contributed by atoms with van der Waals surface area (Å²) in [5.74, 6) is 1.37. The lowest BCUT2D eigenvalue weighted by molar-refractivity contribution is -0.678. The highest BCUT2D eigenvalue weighted by molar-refractivity contribution is 6.04. The minimum Gasteiger partial charge on any atom is -0.463 e.